The minimum Gasteiger partial charge on any atom is -0.477 e. The lowest BCUT2D eigenvalue weighted by atomic mass is 9.98. The third-order valence-electron chi connectivity index (χ3n) is 4.92. The number of aliphatic carboxylic acids is 1. The van der Waals surface area contributed by atoms with Gasteiger partial charge in [-0.1, -0.05) is 28.7 Å². The number of H-pyrrole nitrogens is 1. The number of amides is 2. The molecule has 0 aromatic carbocycles. The van der Waals surface area contributed by atoms with Crippen molar-refractivity contribution in [1.29, 1.82) is 0 Å². The summed E-state index contributed by atoms with van der Waals surface area (Å²) in [6.07, 6.45) is 0.952. The van der Waals surface area contributed by atoms with Gasteiger partial charge in [-0.25, -0.2) is 14.8 Å². The number of thiazole rings is 1. The number of hydrogen-bond donors (Lipinski definition) is 5. The number of nitrogen functional groups attached to an aromatic ring is 2. The molecule has 0 aliphatic carbocycles. The van der Waals surface area contributed by atoms with E-state index in [1.807, 2.05) is 0 Å². The van der Waals surface area contributed by atoms with Crippen molar-refractivity contribution < 1.29 is 24.3 Å². The van der Waals surface area contributed by atoms with E-state index in [9.17, 15) is 24.3 Å². The van der Waals surface area contributed by atoms with Crippen LogP contribution in [0.1, 0.15) is 12.1 Å². The Balaban J connectivity index is 1.88. The molecule has 184 valence electrons. The van der Waals surface area contributed by atoms with Crippen LogP contribution in [-0.4, -0.2) is 67.2 Å². The van der Waals surface area contributed by atoms with Gasteiger partial charge in [-0.2, -0.15) is 0 Å². The number of carbonyl (C=O) groups is 3. The maximum Gasteiger partial charge on any atom is 0.352 e. The second-order valence-electron chi connectivity index (χ2n) is 7.10. The van der Waals surface area contributed by atoms with Crippen LogP contribution in [0.4, 0.5) is 10.9 Å². The minimum atomic E-state index is -1.53. The molecular weight excluding hydrogens is 520 g/mol. The third kappa shape index (κ3) is 4.69. The van der Waals surface area contributed by atoms with Crippen LogP contribution < -0.4 is 22.3 Å². The molecule has 2 aliphatic heterocycles. The monoisotopic (exact) mass is 538 g/mol. The van der Waals surface area contributed by atoms with Crippen LogP contribution >= 0.6 is 34.9 Å². The number of carbonyl (C=O) groups excluding carboxylic acids is 2. The molecule has 1 unspecified atom stereocenters. The number of carboxylic acid groups (broad SMARTS) is 1. The molecule has 2 amide bonds. The predicted octanol–water partition coefficient (Wildman–Crippen LogP) is -0.272. The van der Waals surface area contributed by atoms with Crippen LogP contribution in [0.2, 0.25) is 0 Å². The van der Waals surface area contributed by atoms with E-state index in [0.717, 1.165) is 47.1 Å². The van der Waals surface area contributed by atoms with Crippen molar-refractivity contribution in [2.75, 3.05) is 24.3 Å². The second kappa shape index (κ2) is 9.59. The molecule has 1 saturated heterocycles. The van der Waals surface area contributed by atoms with Gasteiger partial charge < -0.3 is 31.7 Å². The molecular formula is C18H18N8O6S3. The van der Waals surface area contributed by atoms with Crippen LogP contribution in [0.25, 0.3) is 0 Å². The van der Waals surface area contributed by atoms with Crippen LogP contribution in [0.3, 0.4) is 0 Å². The van der Waals surface area contributed by atoms with Gasteiger partial charge in [0.25, 0.3) is 11.5 Å². The zero-order valence-corrected chi connectivity index (χ0v) is 20.3. The molecule has 0 bridgehead atoms. The Labute approximate surface area is 209 Å². The van der Waals surface area contributed by atoms with Gasteiger partial charge in [0.2, 0.25) is 5.91 Å². The van der Waals surface area contributed by atoms with Crippen LogP contribution in [-0.2, 0) is 24.1 Å². The summed E-state index contributed by atoms with van der Waals surface area (Å²) >= 11 is 3.21. The molecule has 2 aliphatic rings. The number of hydrogen-bond acceptors (Lipinski definition) is 13. The molecule has 0 saturated carbocycles. The topological polar surface area (TPSA) is 219 Å². The number of nitrogens with two attached hydrogens (primary N) is 2. The number of nitrogens with one attached hydrogen (secondary N) is 2. The molecule has 1 fully saturated rings. The summed E-state index contributed by atoms with van der Waals surface area (Å²) < 4.78 is 0. The Bertz CT molecular complexity index is 1320. The van der Waals surface area contributed by atoms with Gasteiger partial charge in [-0.05, 0) is 0 Å². The van der Waals surface area contributed by atoms with E-state index >= 15 is 0 Å². The number of nitrogens with zero attached hydrogens (tertiary/aromatic N) is 4. The number of thioether (sulfide) groups is 2. The Hall–Kier alpha value is -3.57. The molecule has 0 spiro atoms. The number of anilines is 2. The van der Waals surface area contributed by atoms with E-state index in [2.05, 4.69) is 30.3 Å². The van der Waals surface area contributed by atoms with Gasteiger partial charge in [0.1, 0.15) is 24.8 Å². The van der Waals surface area contributed by atoms with Crippen molar-refractivity contribution in [3.05, 3.63) is 38.8 Å². The van der Waals surface area contributed by atoms with E-state index in [0.29, 0.717) is 0 Å². The maximum atomic E-state index is 12.8. The van der Waals surface area contributed by atoms with Gasteiger partial charge >= 0.3 is 5.97 Å². The molecule has 0 radical (unpaired) electrons. The first kappa shape index (κ1) is 24.6. The minimum absolute atomic E-state index is 0.0256. The summed E-state index contributed by atoms with van der Waals surface area (Å²) in [5.74, 6) is -2.59. The van der Waals surface area contributed by atoms with Crippen LogP contribution in [0.5, 0.6) is 0 Å². The van der Waals surface area contributed by atoms with E-state index in [4.69, 9.17) is 11.5 Å². The third-order valence-corrected chi connectivity index (χ3v) is 8.06. The zero-order chi connectivity index (χ0) is 25.3. The highest BCUT2D eigenvalue weighted by Gasteiger charge is 2.56. The van der Waals surface area contributed by atoms with Crippen molar-refractivity contribution in [3.63, 3.8) is 0 Å². The smallest absolute Gasteiger partial charge is 0.352 e. The Morgan fingerprint density at radius 2 is 2.23 bits per heavy atom. The highest BCUT2D eigenvalue weighted by molar-refractivity contribution is 8.01. The van der Waals surface area contributed by atoms with E-state index in [-0.39, 0.29) is 51.2 Å². The highest BCUT2D eigenvalue weighted by Crippen LogP contribution is 2.54. The van der Waals surface area contributed by atoms with Gasteiger partial charge in [-0.15, -0.1) is 11.3 Å². The summed E-state index contributed by atoms with van der Waals surface area (Å²) in [5, 5.41) is 17.7. The Morgan fingerprint density at radius 3 is 2.83 bits per heavy atom. The first-order valence-electron chi connectivity index (χ1n) is 9.71. The van der Waals surface area contributed by atoms with Crippen LogP contribution in [0.15, 0.2) is 37.8 Å². The van der Waals surface area contributed by atoms with E-state index < -0.39 is 27.7 Å². The summed E-state index contributed by atoms with van der Waals surface area (Å²) in [4.78, 5) is 64.5. The quantitative estimate of drug-likeness (QED) is 0.0964. The fraction of sp³-hybridized carbons (Fsp3) is 0.278. The molecule has 2 aromatic heterocycles. The van der Waals surface area contributed by atoms with Crippen molar-refractivity contribution >= 4 is 69.8 Å². The number of aromatic nitrogens is 3. The second-order valence-corrected chi connectivity index (χ2v) is 10.3. The zero-order valence-electron chi connectivity index (χ0n) is 17.9. The predicted molar refractivity (Wildman–Crippen MR) is 129 cm³/mol. The van der Waals surface area contributed by atoms with Gasteiger partial charge in [0.15, 0.2) is 15.2 Å². The highest BCUT2D eigenvalue weighted by atomic mass is 32.2. The van der Waals surface area contributed by atoms with E-state index in [1.54, 1.807) is 5.38 Å². The first-order valence-corrected chi connectivity index (χ1v) is 12.5. The van der Waals surface area contributed by atoms with Crippen molar-refractivity contribution in [2.45, 2.75) is 21.8 Å². The summed E-state index contributed by atoms with van der Waals surface area (Å²) in [6.45, 7) is 0. The maximum absolute atomic E-state index is 12.8. The van der Waals surface area contributed by atoms with Gasteiger partial charge in [0, 0.05) is 22.8 Å². The number of oxime groups is 1. The Morgan fingerprint density at radius 1 is 1.46 bits per heavy atom. The molecule has 7 N–H and O–H groups in total. The molecule has 17 heteroatoms. The van der Waals surface area contributed by atoms with Crippen molar-refractivity contribution in [3.8, 4) is 0 Å². The van der Waals surface area contributed by atoms with Crippen molar-refractivity contribution in [2.24, 2.45) is 5.16 Å². The fourth-order valence-electron chi connectivity index (χ4n) is 3.54. The molecule has 35 heavy (non-hydrogen) atoms. The number of β-lactam (4-membered cyclic amide) rings is 1. The summed E-state index contributed by atoms with van der Waals surface area (Å²) in [5.41, 5.74) is 11.1. The fourth-order valence-corrected chi connectivity index (χ4v) is 6.96. The number of carboxylic acids is 1. The lowest BCUT2D eigenvalue weighted by Gasteiger charge is -2.51. The number of fused-ring (bicyclic) bond motifs is 1. The summed E-state index contributed by atoms with van der Waals surface area (Å²) in [7, 11) is 1.26. The number of rotatable bonds is 8. The first-order chi connectivity index (χ1) is 16.6. The van der Waals surface area contributed by atoms with E-state index in [1.165, 1.54) is 12.0 Å². The summed E-state index contributed by atoms with van der Waals surface area (Å²) in [6, 6.07) is 1.10. The van der Waals surface area contributed by atoms with Crippen LogP contribution in [0, 0.1) is 0 Å². The average molecular weight is 539 g/mol. The van der Waals surface area contributed by atoms with Gasteiger partial charge in [-0.3, -0.25) is 19.3 Å². The molecule has 2 atom stereocenters. The normalized spacial score (nSPS) is 21.6. The molecule has 2 aromatic rings. The standard InChI is InChI=1S/C18H18N8O6S3/c1-32-21-4-11(28)25-18(8-6-33-16(20)22-8)7(5-34-17-23-9(19)2-10(27)24-17)14(15(30)31)26-12(29)3-13(26)35-18/h2,4,6,13H,3,5H2,1H3,(H2,20,22)(H,25,28)(H,30,31)(H3,19,23,24,27)/t13-,18?/m0/s1. The SMILES string of the molecule is CON=CC(=O)NC1(c2csc(N)n2)S[C@H]2CC(=O)N2C(C(=O)O)=C1CSc1nc(N)cc(=O)[nH]1. The Kier molecular flexibility index (Phi) is 6.73. The average Bonchev–Trinajstić information content (AvgIpc) is 3.22. The molecule has 14 nitrogen and oxygen atoms in total. The molecule has 4 heterocycles. The molecule has 4 rings (SSSR count). The van der Waals surface area contributed by atoms with Crippen molar-refractivity contribution in [1.82, 2.24) is 25.2 Å². The lowest BCUT2D eigenvalue weighted by molar-refractivity contribution is -0.146. The van der Waals surface area contributed by atoms with Gasteiger partial charge in [0.05, 0.1) is 17.5 Å². The number of aromatic amines is 1. The lowest BCUT2D eigenvalue weighted by Crippen LogP contribution is -2.61. The largest absolute Gasteiger partial charge is 0.477 e.